The highest BCUT2D eigenvalue weighted by Crippen LogP contribution is 2.44. The Morgan fingerprint density at radius 2 is 1.53 bits per heavy atom. The van der Waals surface area contributed by atoms with Crippen molar-refractivity contribution in [3.05, 3.63) is 59.7 Å². The average molecular weight is 539 g/mol. The number of carbonyl (C=O) groups excluding carboxylic acids is 1. The Hall–Kier alpha value is -3.64. The molecule has 1 atom stereocenters. The summed E-state index contributed by atoms with van der Waals surface area (Å²) >= 11 is 0. The summed E-state index contributed by atoms with van der Waals surface area (Å²) in [7, 11) is 0. The van der Waals surface area contributed by atoms with Crippen LogP contribution in [0.5, 0.6) is 0 Å². The molecule has 1 fully saturated rings. The molecule has 1 unspecified atom stereocenters. The Morgan fingerprint density at radius 1 is 1.00 bits per heavy atom. The molecule has 1 aliphatic heterocycles. The summed E-state index contributed by atoms with van der Waals surface area (Å²) in [5.41, 5.74) is 4.55. The highest BCUT2D eigenvalue weighted by atomic mass is 19.4. The van der Waals surface area contributed by atoms with E-state index in [2.05, 4.69) is 22.3 Å². The Labute approximate surface area is 217 Å². The number of hydrogen-bond acceptors (Lipinski definition) is 6. The van der Waals surface area contributed by atoms with Crippen LogP contribution in [0.3, 0.4) is 0 Å². The molecular weight excluding hydrogens is 509 g/mol. The molecule has 3 N–H and O–H groups in total. The third kappa shape index (κ3) is 7.93. The molecule has 2 aliphatic rings. The van der Waals surface area contributed by atoms with Crippen LogP contribution in [0.15, 0.2) is 48.5 Å². The minimum Gasteiger partial charge on any atom is -0.480 e. The molecule has 0 bridgehead atoms. The van der Waals surface area contributed by atoms with Crippen LogP contribution >= 0.6 is 0 Å². The van der Waals surface area contributed by atoms with Gasteiger partial charge in [0.15, 0.2) is 0 Å². The van der Waals surface area contributed by atoms with Crippen molar-refractivity contribution < 1.29 is 47.2 Å². The number of nitrogens with zero attached hydrogens (tertiary/aromatic N) is 1. The van der Waals surface area contributed by atoms with Gasteiger partial charge in [-0.2, -0.15) is 13.2 Å². The van der Waals surface area contributed by atoms with Gasteiger partial charge in [0.05, 0.1) is 13.2 Å². The standard InChI is InChI=1S/C24H28N2O5.C2HF3O2/c27-23(28)22(10-5-11-26-12-14-30-15-13-26)25-24(29)31-16-21-19-8-3-1-6-17(19)18-7-2-4-9-20(18)21;3-2(4,5)1(6)7/h1-4,6-9,21-22H,5,10-16H2,(H,25,29)(H,27,28);(H,6,7). The maximum atomic E-state index is 12.4. The van der Waals surface area contributed by atoms with Crippen LogP contribution in [-0.2, 0) is 19.1 Å². The number of fused-ring (bicyclic) bond motifs is 3. The number of alkyl carbamates (subject to hydrolysis) is 1. The molecule has 0 saturated carbocycles. The summed E-state index contributed by atoms with van der Waals surface area (Å²) in [6.07, 6.45) is -4.74. The van der Waals surface area contributed by atoms with Crippen LogP contribution in [0.4, 0.5) is 18.0 Å². The second-order valence-electron chi connectivity index (χ2n) is 8.76. The number of morpholine rings is 1. The van der Waals surface area contributed by atoms with Crippen molar-refractivity contribution in [1.82, 2.24) is 10.2 Å². The number of carboxylic acid groups (broad SMARTS) is 2. The molecule has 1 heterocycles. The van der Waals surface area contributed by atoms with Crippen molar-refractivity contribution in [2.24, 2.45) is 0 Å². The Balaban J connectivity index is 0.000000505. The normalized spacial score (nSPS) is 15.9. The van der Waals surface area contributed by atoms with Crippen LogP contribution in [0.2, 0.25) is 0 Å². The van der Waals surface area contributed by atoms with E-state index >= 15 is 0 Å². The summed E-state index contributed by atoms with van der Waals surface area (Å²) in [5, 5.41) is 19.1. The van der Waals surface area contributed by atoms with Gasteiger partial charge in [-0.3, -0.25) is 4.90 Å². The van der Waals surface area contributed by atoms with E-state index in [9.17, 15) is 27.9 Å². The smallest absolute Gasteiger partial charge is 0.480 e. The first-order valence-electron chi connectivity index (χ1n) is 12.0. The first-order valence-corrected chi connectivity index (χ1v) is 12.0. The fraction of sp³-hybridized carbons (Fsp3) is 0.423. The molecule has 38 heavy (non-hydrogen) atoms. The number of carbonyl (C=O) groups is 3. The van der Waals surface area contributed by atoms with Crippen LogP contribution in [0, 0.1) is 0 Å². The number of nitrogens with one attached hydrogen (secondary N) is 1. The van der Waals surface area contributed by atoms with Gasteiger partial charge in [0, 0.05) is 19.0 Å². The van der Waals surface area contributed by atoms with Gasteiger partial charge in [0.25, 0.3) is 0 Å². The molecule has 12 heteroatoms. The second-order valence-corrected chi connectivity index (χ2v) is 8.76. The van der Waals surface area contributed by atoms with Gasteiger partial charge in [0.1, 0.15) is 12.6 Å². The van der Waals surface area contributed by atoms with E-state index in [0.717, 1.165) is 41.9 Å². The summed E-state index contributed by atoms with van der Waals surface area (Å²) in [4.78, 5) is 35.1. The highest BCUT2D eigenvalue weighted by Gasteiger charge is 2.38. The first kappa shape index (κ1) is 28.9. The lowest BCUT2D eigenvalue weighted by Crippen LogP contribution is -2.42. The zero-order valence-electron chi connectivity index (χ0n) is 20.4. The number of benzene rings is 2. The van der Waals surface area contributed by atoms with Crippen LogP contribution in [0.1, 0.15) is 29.9 Å². The lowest BCUT2D eigenvalue weighted by atomic mass is 9.98. The van der Waals surface area contributed by atoms with Gasteiger partial charge in [-0.1, -0.05) is 48.5 Å². The van der Waals surface area contributed by atoms with Crippen LogP contribution in [0.25, 0.3) is 11.1 Å². The van der Waals surface area contributed by atoms with Gasteiger partial charge >= 0.3 is 24.2 Å². The van der Waals surface area contributed by atoms with E-state index in [4.69, 9.17) is 19.4 Å². The number of amides is 1. The molecule has 1 amide bonds. The van der Waals surface area contributed by atoms with E-state index in [1.54, 1.807) is 0 Å². The fourth-order valence-electron chi connectivity index (χ4n) is 4.38. The predicted molar refractivity (Wildman–Crippen MR) is 130 cm³/mol. The number of rotatable bonds is 8. The number of ether oxygens (including phenoxy) is 2. The molecule has 0 aromatic heterocycles. The lowest BCUT2D eigenvalue weighted by molar-refractivity contribution is -0.192. The third-order valence-electron chi connectivity index (χ3n) is 6.25. The Kier molecular flexibility index (Phi) is 10.1. The lowest BCUT2D eigenvalue weighted by Gasteiger charge is -2.26. The predicted octanol–water partition coefficient (Wildman–Crippen LogP) is 3.72. The van der Waals surface area contributed by atoms with Gasteiger partial charge in [0.2, 0.25) is 0 Å². The number of hydrogen-bond donors (Lipinski definition) is 3. The minimum atomic E-state index is -5.08. The van der Waals surface area contributed by atoms with Gasteiger partial charge in [-0.15, -0.1) is 0 Å². The summed E-state index contributed by atoms with van der Waals surface area (Å²) in [6.45, 7) is 4.09. The number of carboxylic acids is 2. The van der Waals surface area contributed by atoms with Gasteiger partial charge in [-0.05, 0) is 41.6 Å². The van der Waals surface area contributed by atoms with Crippen molar-refractivity contribution in [3.8, 4) is 11.1 Å². The molecule has 4 rings (SSSR count). The largest absolute Gasteiger partial charge is 0.490 e. The number of alkyl halides is 3. The van der Waals surface area contributed by atoms with E-state index in [1.165, 1.54) is 0 Å². The van der Waals surface area contributed by atoms with E-state index in [-0.39, 0.29) is 12.5 Å². The van der Waals surface area contributed by atoms with Crippen molar-refractivity contribution in [1.29, 1.82) is 0 Å². The van der Waals surface area contributed by atoms with Crippen molar-refractivity contribution in [2.75, 3.05) is 39.5 Å². The maximum absolute atomic E-state index is 12.4. The monoisotopic (exact) mass is 538 g/mol. The molecule has 206 valence electrons. The quantitative estimate of drug-likeness (QED) is 0.465. The SMILES string of the molecule is O=C(NC(CCCN1CCOCC1)C(=O)O)OCC1c2ccccc2-c2ccccc21.O=C(O)C(F)(F)F. The topological polar surface area (TPSA) is 125 Å². The van der Waals surface area contributed by atoms with E-state index < -0.39 is 30.2 Å². The Morgan fingerprint density at radius 3 is 2.03 bits per heavy atom. The Bertz CT molecular complexity index is 1070. The molecule has 9 nitrogen and oxygen atoms in total. The number of aliphatic carboxylic acids is 2. The number of halogens is 3. The summed E-state index contributed by atoms with van der Waals surface area (Å²) < 4.78 is 42.5. The summed E-state index contributed by atoms with van der Waals surface area (Å²) in [5.74, 6) is -3.86. The van der Waals surface area contributed by atoms with Crippen LogP contribution < -0.4 is 5.32 Å². The van der Waals surface area contributed by atoms with Crippen molar-refractivity contribution in [3.63, 3.8) is 0 Å². The van der Waals surface area contributed by atoms with E-state index in [1.807, 2.05) is 36.4 Å². The minimum absolute atomic E-state index is 0.0530. The van der Waals surface area contributed by atoms with Crippen molar-refractivity contribution in [2.45, 2.75) is 31.0 Å². The molecule has 1 saturated heterocycles. The molecule has 2 aromatic carbocycles. The van der Waals surface area contributed by atoms with Gasteiger partial charge < -0.3 is 25.0 Å². The molecule has 0 radical (unpaired) electrons. The van der Waals surface area contributed by atoms with Crippen LogP contribution in [-0.4, -0.2) is 84.8 Å². The maximum Gasteiger partial charge on any atom is 0.490 e. The summed E-state index contributed by atoms with van der Waals surface area (Å²) in [6, 6.07) is 15.2. The average Bonchev–Trinajstić information content (AvgIpc) is 3.21. The zero-order chi connectivity index (χ0) is 27.7. The third-order valence-corrected chi connectivity index (χ3v) is 6.25. The van der Waals surface area contributed by atoms with Gasteiger partial charge in [-0.25, -0.2) is 14.4 Å². The first-order chi connectivity index (χ1) is 18.1. The second kappa shape index (κ2) is 13.2. The fourth-order valence-corrected chi connectivity index (χ4v) is 4.38. The molecule has 2 aromatic rings. The van der Waals surface area contributed by atoms with E-state index in [0.29, 0.717) is 26.1 Å². The highest BCUT2D eigenvalue weighted by molar-refractivity contribution is 5.81. The molecule has 0 spiro atoms. The zero-order valence-corrected chi connectivity index (χ0v) is 20.4. The molecular formula is C26H29F3N2O7. The molecule has 1 aliphatic carbocycles. The van der Waals surface area contributed by atoms with Crippen molar-refractivity contribution >= 4 is 18.0 Å².